The molecule has 1 aliphatic carbocycles. The molecule has 0 saturated heterocycles. The summed E-state index contributed by atoms with van der Waals surface area (Å²) in [5.41, 5.74) is 8.28. The van der Waals surface area contributed by atoms with Crippen LogP contribution in [-0.4, -0.2) is 4.98 Å². The number of nitrogen functional groups attached to an aromatic ring is 1. The highest BCUT2D eigenvalue weighted by molar-refractivity contribution is 9.10. The minimum Gasteiger partial charge on any atom is -0.438 e. The molecule has 0 bridgehead atoms. The summed E-state index contributed by atoms with van der Waals surface area (Å²) in [4.78, 5) is 4.67. The number of nitrogens with zero attached hydrogens (tertiary/aromatic N) is 1. The molecule has 114 valence electrons. The molecule has 0 aliphatic heterocycles. The summed E-state index contributed by atoms with van der Waals surface area (Å²) in [6.07, 6.45) is 9.06. The van der Waals surface area contributed by atoms with Gasteiger partial charge in [-0.15, -0.1) is 0 Å². The Bertz CT molecular complexity index is 615. The van der Waals surface area contributed by atoms with Gasteiger partial charge in [0.05, 0.1) is 5.69 Å². The Morgan fingerprint density at radius 1 is 1.29 bits per heavy atom. The van der Waals surface area contributed by atoms with E-state index in [0.29, 0.717) is 11.6 Å². The highest BCUT2D eigenvalue weighted by Crippen LogP contribution is 2.39. The maximum atomic E-state index is 6.01. The van der Waals surface area contributed by atoms with Crippen molar-refractivity contribution in [2.24, 2.45) is 5.92 Å². The third kappa shape index (κ3) is 3.25. The van der Waals surface area contributed by atoms with Crippen molar-refractivity contribution in [3.8, 4) is 0 Å². The molecule has 1 saturated carbocycles. The monoisotopic (exact) mass is 350 g/mol. The molecule has 1 heterocycles. The zero-order chi connectivity index (χ0) is 14.8. The number of aromatic nitrogens is 1. The normalized spacial score (nSPS) is 22.8. The number of fused-ring (bicyclic) bond motifs is 1. The molecule has 3 nitrogen and oxygen atoms in total. The number of oxazole rings is 1. The summed E-state index contributed by atoms with van der Waals surface area (Å²) in [7, 11) is 0. The molecular weight excluding hydrogens is 328 g/mol. The van der Waals surface area contributed by atoms with Gasteiger partial charge >= 0.3 is 0 Å². The standard InChI is InChI=1S/C17H23BrN2O/c1-2-3-4-11-5-7-12(8-6-11)17-20-15-10-13(18)9-14(19)16(15)21-17/h9-12H,2-8,19H2,1H3. The van der Waals surface area contributed by atoms with E-state index >= 15 is 0 Å². The first-order chi connectivity index (χ1) is 10.2. The van der Waals surface area contributed by atoms with Crippen molar-refractivity contribution in [1.29, 1.82) is 0 Å². The molecule has 21 heavy (non-hydrogen) atoms. The average molecular weight is 351 g/mol. The highest BCUT2D eigenvalue weighted by atomic mass is 79.9. The first kappa shape index (κ1) is 14.9. The molecule has 1 aromatic heterocycles. The van der Waals surface area contributed by atoms with Crippen LogP contribution in [0, 0.1) is 5.92 Å². The second-order valence-electron chi connectivity index (χ2n) is 6.26. The lowest BCUT2D eigenvalue weighted by Gasteiger charge is -2.26. The van der Waals surface area contributed by atoms with E-state index in [0.717, 1.165) is 27.4 Å². The number of nitrogens with two attached hydrogens (primary N) is 1. The maximum Gasteiger partial charge on any atom is 0.198 e. The molecule has 0 spiro atoms. The van der Waals surface area contributed by atoms with Gasteiger partial charge in [-0.2, -0.15) is 0 Å². The van der Waals surface area contributed by atoms with Crippen molar-refractivity contribution in [2.75, 3.05) is 5.73 Å². The van der Waals surface area contributed by atoms with Crippen molar-refractivity contribution in [3.63, 3.8) is 0 Å². The number of halogens is 1. The Morgan fingerprint density at radius 3 is 2.76 bits per heavy atom. The van der Waals surface area contributed by atoms with Gasteiger partial charge in [0.25, 0.3) is 0 Å². The molecular formula is C17H23BrN2O. The molecule has 0 amide bonds. The number of anilines is 1. The van der Waals surface area contributed by atoms with Crippen molar-refractivity contribution in [2.45, 2.75) is 57.8 Å². The summed E-state index contributed by atoms with van der Waals surface area (Å²) in [6, 6.07) is 3.85. The van der Waals surface area contributed by atoms with Gasteiger partial charge in [0.2, 0.25) is 0 Å². The predicted octanol–water partition coefficient (Wildman–Crippen LogP) is 5.64. The summed E-state index contributed by atoms with van der Waals surface area (Å²) >= 11 is 3.46. The molecule has 0 atom stereocenters. The summed E-state index contributed by atoms with van der Waals surface area (Å²) in [5, 5.41) is 0. The molecule has 2 aromatic rings. The number of unbranched alkanes of at least 4 members (excludes halogenated alkanes) is 1. The van der Waals surface area contributed by atoms with Crippen molar-refractivity contribution in [1.82, 2.24) is 4.98 Å². The number of hydrogen-bond acceptors (Lipinski definition) is 3. The van der Waals surface area contributed by atoms with Gasteiger partial charge < -0.3 is 10.2 Å². The minimum absolute atomic E-state index is 0.466. The van der Waals surface area contributed by atoms with Crippen LogP contribution in [0.25, 0.3) is 11.1 Å². The van der Waals surface area contributed by atoms with Crippen LogP contribution in [0.5, 0.6) is 0 Å². The fraction of sp³-hybridized carbons (Fsp3) is 0.588. The van der Waals surface area contributed by atoms with Crippen LogP contribution in [0.15, 0.2) is 21.0 Å². The fourth-order valence-corrected chi connectivity index (χ4v) is 3.87. The first-order valence-electron chi connectivity index (χ1n) is 8.02. The lowest BCUT2D eigenvalue weighted by atomic mass is 9.80. The van der Waals surface area contributed by atoms with Crippen LogP contribution in [0.2, 0.25) is 0 Å². The van der Waals surface area contributed by atoms with E-state index in [-0.39, 0.29) is 0 Å². The van der Waals surface area contributed by atoms with Gasteiger partial charge in [0.15, 0.2) is 11.5 Å². The van der Waals surface area contributed by atoms with Crippen molar-refractivity contribution in [3.05, 3.63) is 22.5 Å². The van der Waals surface area contributed by atoms with Gasteiger partial charge in [-0.25, -0.2) is 4.98 Å². The van der Waals surface area contributed by atoms with E-state index < -0.39 is 0 Å². The summed E-state index contributed by atoms with van der Waals surface area (Å²) < 4.78 is 6.91. The highest BCUT2D eigenvalue weighted by Gasteiger charge is 2.26. The SMILES string of the molecule is CCCCC1CCC(c2nc3cc(Br)cc(N)c3o2)CC1. The second kappa shape index (κ2) is 6.39. The van der Waals surface area contributed by atoms with Gasteiger partial charge in [-0.05, 0) is 43.7 Å². The molecule has 1 aliphatic rings. The van der Waals surface area contributed by atoms with E-state index in [1.165, 1.54) is 44.9 Å². The molecule has 0 radical (unpaired) electrons. The minimum atomic E-state index is 0.466. The van der Waals surface area contributed by atoms with Crippen LogP contribution in [0.3, 0.4) is 0 Å². The van der Waals surface area contributed by atoms with Gasteiger partial charge in [0, 0.05) is 10.4 Å². The Kier molecular flexibility index (Phi) is 4.53. The Hall–Kier alpha value is -1.03. The predicted molar refractivity (Wildman–Crippen MR) is 90.3 cm³/mol. The Balaban J connectivity index is 1.72. The zero-order valence-corrected chi connectivity index (χ0v) is 14.2. The van der Waals surface area contributed by atoms with E-state index in [2.05, 4.69) is 27.8 Å². The summed E-state index contributed by atoms with van der Waals surface area (Å²) in [5.74, 6) is 2.25. The molecule has 2 N–H and O–H groups in total. The average Bonchev–Trinajstić information content (AvgIpc) is 2.90. The van der Waals surface area contributed by atoms with Crippen LogP contribution < -0.4 is 5.73 Å². The van der Waals surface area contributed by atoms with Crippen LogP contribution in [0.4, 0.5) is 5.69 Å². The lowest BCUT2D eigenvalue weighted by Crippen LogP contribution is -2.13. The number of rotatable bonds is 4. The van der Waals surface area contributed by atoms with E-state index in [1.807, 2.05) is 12.1 Å². The summed E-state index contributed by atoms with van der Waals surface area (Å²) in [6.45, 7) is 2.27. The third-order valence-corrected chi connectivity index (χ3v) is 5.12. The van der Waals surface area contributed by atoms with E-state index in [4.69, 9.17) is 10.2 Å². The Morgan fingerprint density at radius 2 is 2.05 bits per heavy atom. The van der Waals surface area contributed by atoms with Crippen molar-refractivity contribution < 1.29 is 4.42 Å². The maximum absolute atomic E-state index is 6.01. The van der Waals surface area contributed by atoms with E-state index in [1.54, 1.807) is 0 Å². The first-order valence-corrected chi connectivity index (χ1v) is 8.82. The van der Waals surface area contributed by atoms with Crippen LogP contribution in [-0.2, 0) is 0 Å². The second-order valence-corrected chi connectivity index (χ2v) is 7.17. The number of benzene rings is 1. The molecule has 1 fully saturated rings. The van der Waals surface area contributed by atoms with Gasteiger partial charge in [0.1, 0.15) is 5.52 Å². The van der Waals surface area contributed by atoms with Gasteiger partial charge in [-0.1, -0.05) is 42.1 Å². The third-order valence-electron chi connectivity index (χ3n) is 4.66. The topological polar surface area (TPSA) is 52.0 Å². The van der Waals surface area contributed by atoms with Crippen molar-refractivity contribution >= 4 is 32.7 Å². The molecule has 0 unspecified atom stereocenters. The quantitative estimate of drug-likeness (QED) is 0.726. The smallest absolute Gasteiger partial charge is 0.198 e. The van der Waals surface area contributed by atoms with Crippen LogP contribution in [0.1, 0.15) is 63.7 Å². The largest absolute Gasteiger partial charge is 0.438 e. The zero-order valence-electron chi connectivity index (χ0n) is 12.6. The fourth-order valence-electron chi connectivity index (χ4n) is 3.41. The Labute approximate surface area is 134 Å². The van der Waals surface area contributed by atoms with Crippen LogP contribution >= 0.6 is 15.9 Å². The van der Waals surface area contributed by atoms with E-state index in [9.17, 15) is 0 Å². The molecule has 3 rings (SSSR count). The molecule has 4 heteroatoms. The molecule has 1 aromatic carbocycles. The van der Waals surface area contributed by atoms with Gasteiger partial charge in [-0.3, -0.25) is 0 Å². The lowest BCUT2D eigenvalue weighted by molar-refractivity contribution is 0.280. The number of hydrogen-bond donors (Lipinski definition) is 1.